The molecule has 0 N–H and O–H groups in total. The third kappa shape index (κ3) is 2.82. The number of nitrogens with zero attached hydrogens (tertiary/aromatic N) is 1. The van der Waals surface area contributed by atoms with Crippen LogP contribution < -0.4 is 4.74 Å². The van der Waals surface area contributed by atoms with Crippen molar-refractivity contribution in [1.29, 1.82) is 0 Å². The van der Waals surface area contributed by atoms with Crippen molar-refractivity contribution in [3.63, 3.8) is 0 Å². The molecule has 22 heavy (non-hydrogen) atoms. The fourth-order valence-electron chi connectivity index (χ4n) is 3.35. The van der Waals surface area contributed by atoms with Crippen molar-refractivity contribution >= 4 is 16.9 Å². The summed E-state index contributed by atoms with van der Waals surface area (Å²) in [4.78, 5) is 14.7. The summed E-state index contributed by atoms with van der Waals surface area (Å²) in [6.07, 6.45) is 6.63. The first-order valence-corrected chi connectivity index (χ1v) is 8.06. The van der Waals surface area contributed by atoms with E-state index in [-0.39, 0.29) is 5.91 Å². The number of fused-ring (bicyclic) bond motifs is 1. The number of benzene rings is 1. The van der Waals surface area contributed by atoms with Gasteiger partial charge in [-0.05, 0) is 37.8 Å². The van der Waals surface area contributed by atoms with Crippen LogP contribution in [0.1, 0.15) is 38.2 Å². The van der Waals surface area contributed by atoms with E-state index in [4.69, 9.17) is 9.15 Å². The number of rotatable bonds is 4. The number of piperidine rings is 1. The number of ether oxygens (including phenoxy) is 1. The van der Waals surface area contributed by atoms with Gasteiger partial charge in [0.1, 0.15) is 11.3 Å². The van der Waals surface area contributed by atoms with E-state index in [1.165, 1.54) is 6.42 Å². The van der Waals surface area contributed by atoms with Crippen LogP contribution in [-0.2, 0) is 11.2 Å². The Balaban J connectivity index is 1.79. The molecule has 3 rings (SSSR count). The molecular formula is C18H23NO3. The lowest BCUT2D eigenvalue weighted by Crippen LogP contribution is -2.44. The maximum atomic E-state index is 12.7. The molecule has 1 aromatic heterocycles. The molecule has 1 amide bonds. The number of likely N-dealkylation sites (tertiary alicyclic amines) is 1. The highest BCUT2D eigenvalue weighted by molar-refractivity contribution is 5.88. The van der Waals surface area contributed by atoms with Gasteiger partial charge in [0.15, 0.2) is 0 Å². The highest BCUT2D eigenvalue weighted by Crippen LogP contribution is 2.27. The smallest absolute Gasteiger partial charge is 0.227 e. The number of carbonyl (C=O) groups excluding carboxylic acids is 1. The van der Waals surface area contributed by atoms with Crippen molar-refractivity contribution < 1.29 is 13.9 Å². The molecule has 0 spiro atoms. The van der Waals surface area contributed by atoms with E-state index < -0.39 is 0 Å². The van der Waals surface area contributed by atoms with Crippen LogP contribution in [0.4, 0.5) is 0 Å². The number of furan rings is 1. The Morgan fingerprint density at radius 3 is 3.05 bits per heavy atom. The van der Waals surface area contributed by atoms with Gasteiger partial charge in [-0.1, -0.05) is 6.92 Å². The van der Waals surface area contributed by atoms with Crippen LogP contribution in [0.25, 0.3) is 11.0 Å². The maximum Gasteiger partial charge on any atom is 0.227 e. The first-order chi connectivity index (χ1) is 10.7. The van der Waals surface area contributed by atoms with Gasteiger partial charge >= 0.3 is 0 Å². The van der Waals surface area contributed by atoms with E-state index in [1.807, 2.05) is 18.2 Å². The minimum absolute atomic E-state index is 0.213. The third-order valence-corrected chi connectivity index (χ3v) is 4.62. The molecule has 118 valence electrons. The van der Waals surface area contributed by atoms with Crippen LogP contribution in [0.2, 0.25) is 0 Å². The van der Waals surface area contributed by atoms with Crippen molar-refractivity contribution in [2.45, 2.75) is 45.1 Å². The summed E-state index contributed by atoms with van der Waals surface area (Å²) in [7, 11) is 1.63. The lowest BCUT2D eigenvalue weighted by molar-refractivity contribution is -0.134. The normalized spacial score (nSPS) is 18.6. The molecule has 1 aromatic carbocycles. The summed E-state index contributed by atoms with van der Waals surface area (Å²) < 4.78 is 10.8. The Morgan fingerprint density at radius 1 is 1.41 bits per heavy atom. The van der Waals surface area contributed by atoms with E-state index in [0.29, 0.717) is 12.5 Å². The molecule has 1 aliphatic rings. The van der Waals surface area contributed by atoms with Crippen molar-refractivity contribution in [1.82, 2.24) is 4.90 Å². The Hall–Kier alpha value is -1.97. The lowest BCUT2D eigenvalue weighted by Gasteiger charge is -2.35. The molecular weight excluding hydrogens is 278 g/mol. The molecule has 0 bridgehead atoms. The average Bonchev–Trinajstić information content (AvgIpc) is 2.96. The summed E-state index contributed by atoms with van der Waals surface area (Å²) in [5, 5.41) is 0.999. The molecule has 0 saturated carbocycles. The van der Waals surface area contributed by atoms with E-state index in [2.05, 4.69) is 11.8 Å². The zero-order valence-electron chi connectivity index (χ0n) is 13.3. The predicted molar refractivity (Wildman–Crippen MR) is 86.1 cm³/mol. The highest BCUT2D eigenvalue weighted by Gasteiger charge is 2.25. The Bertz CT molecular complexity index is 661. The summed E-state index contributed by atoms with van der Waals surface area (Å²) in [5.41, 5.74) is 1.73. The highest BCUT2D eigenvalue weighted by atomic mass is 16.5. The molecule has 0 radical (unpaired) electrons. The summed E-state index contributed by atoms with van der Waals surface area (Å²) >= 11 is 0. The fraction of sp³-hybridized carbons (Fsp3) is 0.500. The predicted octanol–water partition coefficient (Wildman–Crippen LogP) is 3.78. The van der Waals surface area contributed by atoms with Crippen LogP contribution in [0.5, 0.6) is 5.75 Å². The fourth-order valence-corrected chi connectivity index (χ4v) is 3.35. The van der Waals surface area contributed by atoms with E-state index in [1.54, 1.807) is 13.4 Å². The van der Waals surface area contributed by atoms with E-state index >= 15 is 0 Å². The molecule has 4 heteroatoms. The summed E-state index contributed by atoms with van der Waals surface area (Å²) in [5.74, 6) is 0.979. The quantitative estimate of drug-likeness (QED) is 0.863. The van der Waals surface area contributed by atoms with Crippen LogP contribution in [0, 0.1) is 0 Å². The Labute approximate surface area is 131 Å². The molecule has 1 atom stereocenters. The molecule has 1 saturated heterocycles. The first kappa shape index (κ1) is 14.9. The van der Waals surface area contributed by atoms with Gasteiger partial charge in [0.2, 0.25) is 5.91 Å². The second-order valence-corrected chi connectivity index (χ2v) is 5.94. The van der Waals surface area contributed by atoms with Crippen molar-refractivity contribution in [2.75, 3.05) is 13.7 Å². The van der Waals surface area contributed by atoms with Gasteiger partial charge in [-0.3, -0.25) is 4.79 Å². The average molecular weight is 301 g/mol. The maximum absolute atomic E-state index is 12.7. The standard InChI is InChI=1S/C18H23NO3/c1-3-14-6-4-5-9-19(14)18(20)10-13-12-22-17-11-15(21-2)7-8-16(13)17/h7-8,11-12,14H,3-6,9-10H2,1-2H3. The molecule has 4 nitrogen and oxygen atoms in total. The molecule has 2 aromatic rings. The molecule has 1 unspecified atom stereocenters. The van der Waals surface area contributed by atoms with E-state index in [0.717, 1.165) is 48.1 Å². The summed E-state index contributed by atoms with van der Waals surface area (Å²) in [6, 6.07) is 6.13. The zero-order chi connectivity index (χ0) is 15.5. The van der Waals surface area contributed by atoms with Crippen molar-refractivity contribution in [2.24, 2.45) is 0 Å². The second-order valence-electron chi connectivity index (χ2n) is 5.94. The number of hydrogen-bond acceptors (Lipinski definition) is 3. The van der Waals surface area contributed by atoms with Crippen LogP contribution in [0.3, 0.4) is 0 Å². The Morgan fingerprint density at radius 2 is 2.27 bits per heavy atom. The number of methoxy groups -OCH3 is 1. The van der Waals surface area contributed by atoms with Gasteiger partial charge in [-0.15, -0.1) is 0 Å². The summed E-state index contributed by atoms with van der Waals surface area (Å²) in [6.45, 7) is 3.05. The third-order valence-electron chi connectivity index (χ3n) is 4.62. The monoisotopic (exact) mass is 301 g/mol. The molecule has 1 aliphatic heterocycles. The molecule has 0 aliphatic carbocycles. The van der Waals surface area contributed by atoms with Crippen molar-refractivity contribution in [3.8, 4) is 5.75 Å². The van der Waals surface area contributed by atoms with Crippen LogP contribution >= 0.6 is 0 Å². The largest absolute Gasteiger partial charge is 0.497 e. The van der Waals surface area contributed by atoms with Crippen molar-refractivity contribution in [3.05, 3.63) is 30.0 Å². The SMILES string of the molecule is CCC1CCCCN1C(=O)Cc1coc2cc(OC)ccc12. The topological polar surface area (TPSA) is 42.7 Å². The second kappa shape index (κ2) is 6.42. The molecule has 2 heterocycles. The van der Waals surface area contributed by atoms with Crippen LogP contribution in [0.15, 0.2) is 28.9 Å². The van der Waals surface area contributed by atoms with Gasteiger partial charge < -0.3 is 14.1 Å². The lowest BCUT2D eigenvalue weighted by atomic mass is 9.99. The van der Waals surface area contributed by atoms with Gasteiger partial charge in [-0.2, -0.15) is 0 Å². The van der Waals surface area contributed by atoms with Crippen LogP contribution in [-0.4, -0.2) is 30.5 Å². The number of amides is 1. The molecule has 1 fully saturated rings. The zero-order valence-corrected chi connectivity index (χ0v) is 13.3. The Kier molecular flexibility index (Phi) is 4.36. The number of carbonyl (C=O) groups is 1. The number of hydrogen-bond donors (Lipinski definition) is 0. The van der Waals surface area contributed by atoms with E-state index in [9.17, 15) is 4.79 Å². The van der Waals surface area contributed by atoms with Gasteiger partial charge in [0.05, 0.1) is 19.8 Å². The first-order valence-electron chi connectivity index (χ1n) is 8.06. The minimum Gasteiger partial charge on any atom is -0.497 e. The minimum atomic E-state index is 0.213. The van der Waals surface area contributed by atoms with Gasteiger partial charge in [0.25, 0.3) is 0 Å². The van der Waals surface area contributed by atoms with Gasteiger partial charge in [0, 0.05) is 29.6 Å². The van der Waals surface area contributed by atoms with Gasteiger partial charge in [-0.25, -0.2) is 0 Å².